The molecule has 7 heteroatoms. The number of amidine groups is 1. The molecular weight excluding hydrogens is 436 g/mol. The van der Waals surface area contributed by atoms with E-state index in [0.29, 0.717) is 28.6 Å². The molecule has 0 bridgehead atoms. The van der Waals surface area contributed by atoms with E-state index in [1.807, 2.05) is 49.4 Å². The number of ether oxygens (including phenoxy) is 2. The number of nitrogens with zero attached hydrogens (tertiary/aromatic N) is 1. The predicted octanol–water partition coefficient (Wildman–Crippen LogP) is 4.98. The molecule has 166 valence electrons. The van der Waals surface area contributed by atoms with Gasteiger partial charge in [0.25, 0.3) is 11.8 Å². The topological polar surface area (TPSA) is 77.0 Å². The highest BCUT2D eigenvalue weighted by molar-refractivity contribution is 8.18. The van der Waals surface area contributed by atoms with Crippen molar-refractivity contribution in [2.24, 2.45) is 4.99 Å². The van der Waals surface area contributed by atoms with Crippen molar-refractivity contribution in [3.8, 4) is 11.5 Å². The maximum atomic E-state index is 12.4. The average molecular weight is 459 g/mol. The summed E-state index contributed by atoms with van der Waals surface area (Å²) in [5.41, 5.74) is 3.48. The quantitative estimate of drug-likeness (QED) is 0.527. The molecule has 4 rings (SSSR count). The Labute approximate surface area is 196 Å². The van der Waals surface area contributed by atoms with Crippen LogP contribution in [0.25, 0.3) is 6.08 Å². The second kappa shape index (κ2) is 10.2. The Balaban J connectivity index is 1.46. The molecule has 33 heavy (non-hydrogen) atoms. The van der Waals surface area contributed by atoms with Crippen molar-refractivity contribution in [2.75, 3.05) is 7.11 Å². The minimum absolute atomic E-state index is 0.255. The number of hydrogen-bond acceptors (Lipinski definition) is 5. The van der Waals surface area contributed by atoms with Crippen LogP contribution < -0.4 is 14.8 Å². The number of methoxy groups -OCH3 is 1. The van der Waals surface area contributed by atoms with Gasteiger partial charge in [-0.1, -0.05) is 54.1 Å². The number of carbonyl (C=O) groups is 2. The minimum Gasteiger partial charge on any atom is -0.493 e. The molecule has 1 aliphatic rings. The maximum absolute atomic E-state index is 12.4. The molecule has 0 aromatic heterocycles. The number of rotatable bonds is 6. The molecule has 0 saturated carbocycles. The monoisotopic (exact) mass is 458 g/mol. The van der Waals surface area contributed by atoms with Crippen LogP contribution in [0.3, 0.4) is 0 Å². The van der Waals surface area contributed by atoms with Crippen LogP contribution in [-0.4, -0.2) is 24.1 Å². The third-order valence-corrected chi connectivity index (χ3v) is 5.78. The SMILES string of the molecule is COc1cc(/C=C2\SC(=NC(=O)c3ccccc3)NC2=O)ccc1OCc1ccc(C)cc1. The van der Waals surface area contributed by atoms with Crippen molar-refractivity contribution in [1.29, 1.82) is 0 Å². The highest BCUT2D eigenvalue weighted by Crippen LogP contribution is 2.32. The fraction of sp³-hybridized carbons (Fsp3) is 0.115. The number of amides is 2. The lowest BCUT2D eigenvalue weighted by Crippen LogP contribution is -2.20. The van der Waals surface area contributed by atoms with E-state index in [-0.39, 0.29) is 11.1 Å². The standard InChI is InChI=1S/C26H22N2O4S/c1-17-8-10-18(11-9-17)16-32-21-13-12-19(14-22(21)31-2)15-23-25(30)28-26(33-23)27-24(29)20-6-4-3-5-7-20/h3-15H,16H2,1-2H3,(H,27,28,29,30)/b23-15-. The van der Waals surface area contributed by atoms with Gasteiger partial charge >= 0.3 is 0 Å². The number of nitrogens with one attached hydrogen (secondary N) is 1. The molecule has 3 aromatic carbocycles. The smallest absolute Gasteiger partial charge is 0.279 e. The van der Waals surface area contributed by atoms with E-state index in [4.69, 9.17) is 9.47 Å². The molecule has 3 aromatic rings. The van der Waals surface area contributed by atoms with Crippen molar-refractivity contribution in [2.45, 2.75) is 13.5 Å². The van der Waals surface area contributed by atoms with Crippen LogP contribution in [0.5, 0.6) is 11.5 Å². The number of carbonyl (C=O) groups excluding carboxylic acids is 2. The van der Waals surface area contributed by atoms with Crippen LogP contribution in [0.1, 0.15) is 27.0 Å². The van der Waals surface area contributed by atoms with Crippen molar-refractivity contribution in [3.63, 3.8) is 0 Å². The fourth-order valence-corrected chi connectivity index (χ4v) is 3.93. The number of aryl methyl sites for hydroxylation is 1. The van der Waals surface area contributed by atoms with Gasteiger partial charge in [-0.3, -0.25) is 9.59 Å². The maximum Gasteiger partial charge on any atom is 0.279 e. The molecule has 1 aliphatic heterocycles. The molecule has 2 amide bonds. The van der Waals surface area contributed by atoms with Gasteiger partial charge in [0, 0.05) is 5.56 Å². The summed E-state index contributed by atoms with van der Waals surface area (Å²) < 4.78 is 11.4. The first-order chi connectivity index (χ1) is 16.0. The van der Waals surface area contributed by atoms with Gasteiger partial charge in [0.2, 0.25) is 0 Å². The van der Waals surface area contributed by atoms with Gasteiger partial charge in [0.05, 0.1) is 12.0 Å². The zero-order chi connectivity index (χ0) is 23.2. The second-order valence-corrected chi connectivity index (χ2v) is 8.37. The van der Waals surface area contributed by atoms with Crippen molar-refractivity contribution < 1.29 is 19.1 Å². The van der Waals surface area contributed by atoms with Crippen molar-refractivity contribution in [1.82, 2.24) is 5.32 Å². The molecule has 0 spiro atoms. The van der Waals surface area contributed by atoms with E-state index in [0.717, 1.165) is 22.9 Å². The fourth-order valence-electron chi connectivity index (χ4n) is 3.11. The van der Waals surface area contributed by atoms with Crippen molar-refractivity contribution >= 4 is 34.8 Å². The van der Waals surface area contributed by atoms with Gasteiger partial charge < -0.3 is 14.8 Å². The van der Waals surface area contributed by atoms with Gasteiger partial charge in [-0.2, -0.15) is 4.99 Å². The Morgan fingerprint density at radius 3 is 2.52 bits per heavy atom. The first-order valence-corrected chi connectivity index (χ1v) is 11.1. The van der Waals surface area contributed by atoms with E-state index < -0.39 is 5.91 Å². The van der Waals surface area contributed by atoms with E-state index in [2.05, 4.69) is 10.3 Å². The predicted molar refractivity (Wildman–Crippen MR) is 130 cm³/mol. The third-order valence-electron chi connectivity index (χ3n) is 4.88. The van der Waals surface area contributed by atoms with Crippen LogP contribution in [0, 0.1) is 6.92 Å². The number of hydrogen-bond donors (Lipinski definition) is 1. The zero-order valence-electron chi connectivity index (χ0n) is 18.2. The third kappa shape index (κ3) is 5.70. The molecule has 1 saturated heterocycles. The Morgan fingerprint density at radius 2 is 1.79 bits per heavy atom. The normalized spacial score (nSPS) is 15.5. The number of thioether (sulfide) groups is 1. The lowest BCUT2D eigenvalue weighted by molar-refractivity contribution is -0.115. The molecule has 6 nitrogen and oxygen atoms in total. The van der Waals surface area contributed by atoms with Gasteiger partial charge in [0.1, 0.15) is 6.61 Å². The Kier molecular flexibility index (Phi) is 6.90. The summed E-state index contributed by atoms with van der Waals surface area (Å²) in [6, 6.07) is 22.3. The zero-order valence-corrected chi connectivity index (χ0v) is 19.0. The van der Waals surface area contributed by atoms with Gasteiger partial charge in [-0.15, -0.1) is 0 Å². The molecule has 1 fully saturated rings. The van der Waals surface area contributed by atoms with E-state index >= 15 is 0 Å². The summed E-state index contributed by atoms with van der Waals surface area (Å²) in [4.78, 5) is 29.1. The summed E-state index contributed by atoms with van der Waals surface area (Å²) in [6.07, 6.45) is 1.72. The Bertz CT molecular complexity index is 1230. The molecule has 0 aliphatic carbocycles. The van der Waals surface area contributed by atoms with Gasteiger partial charge in [-0.25, -0.2) is 0 Å². The second-order valence-electron chi connectivity index (χ2n) is 7.34. The summed E-state index contributed by atoms with van der Waals surface area (Å²) in [5.74, 6) is 0.460. The van der Waals surface area contributed by atoms with Crippen molar-refractivity contribution in [3.05, 3.63) is 100.0 Å². The Hall–Kier alpha value is -3.84. The average Bonchev–Trinajstić information content (AvgIpc) is 3.17. The minimum atomic E-state index is -0.406. The highest BCUT2D eigenvalue weighted by atomic mass is 32.2. The lowest BCUT2D eigenvalue weighted by atomic mass is 10.1. The lowest BCUT2D eigenvalue weighted by Gasteiger charge is -2.11. The molecule has 0 unspecified atom stereocenters. The molecule has 1 N–H and O–H groups in total. The molecule has 1 heterocycles. The van der Waals surface area contributed by atoms with Crippen LogP contribution in [-0.2, 0) is 11.4 Å². The first kappa shape index (κ1) is 22.4. The van der Waals surface area contributed by atoms with E-state index in [1.54, 1.807) is 43.5 Å². The largest absolute Gasteiger partial charge is 0.493 e. The summed E-state index contributed by atoms with van der Waals surface area (Å²) >= 11 is 1.12. The number of benzene rings is 3. The summed E-state index contributed by atoms with van der Waals surface area (Å²) in [7, 11) is 1.57. The first-order valence-electron chi connectivity index (χ1n) is 10.3. The van der Waals surface area contributed by atoms with E-state index in [1.165, 1.54) is 5.56 Å². The highest BCUT2D eigenvalue weighted by Gasteiger charge is 2.25. The number of aliphatic imine (C=N–C) groups is 1. The van der Waals surface area contributed by atoms with Gasteiger partial charge in [-0.05, 0) is 60.2 Å². The van der Waals surface area contributed by atoms with Crippen LogP contribution in [0.4, 0.5) is 0 Å². The molecule has 0 radical (unpaired) electrons. The molecular formula is C26H22N2O4S. The van der Waals surface area contributed by atoms with Crippen LogP contribution in [0.2, 0.25) is 0 Å². The summed E-state index contributed by atoms with van der Waals surface area (Å²) in [6.45, 7) is 2.46. The van der Waals surface area contributed by atoms with Gasteiger partial charge in [0.15, 0.2) is 16.7 Å². The van der Waals surface area contributed by atoms with Crippen LogP contribution >= 0.6 is 11.8 Å². The van der Waals surface area contributed by atoms with E-state index in [9.17, 15) is 9.59 Å². The molecule has 0 atom stereocenters. The Morgan fingerprint density at radius 1 is 1.03 bits per heavy atom. The summed E-state index contributed by atoms with van der Waals surface area (Å²) in [5, 5.41) is 2.89. The van der Waals surface area contributed by atoms with Crippen LogP contribution in [0.15, 0.2) is 82.7 Å².